The van der Waals surface area contributed by atoms with Crippen LogP contribution in [0.15, 0.2) is 12.2 Å². The Hall–Kier alpha value is -0.590. The highest BCUT2D eigenvalue weighted by molar-refractivity contribution is 5.82. The van der Waals surface area contributed by atoms with Gasteiger partial charge in [-0.2, -0.15) is 0 Å². The van der Waals surface area contributed by atoms with Gasteiger partial charge < -0.3 is 0 Å². The Morgan fingerprint density at radius 3 is 2.69 bits per heavy atom. The van der Waals surface area contributed by atoms with Crippen molar-refractivity contribution in [3.63, 3.8) is 0 Å². The number of rotatable bonds is 3. The van der Waals surface area contributed by atoms with Gasteiger partial charge in [0.15, 0.2) is 0 Å². The molecule has 0 aromatic carbocycles. The molecular formula is C15H24O. The minimum atomic E-state index is 0.319. The quantitative estimate of drug-likeness (QED) is 0.654. The summed E-state index contributed by atoms with van der Waals surface area (Å²) in [6, 6.07) is 0. The van der Waals surface area contributed by atoms with Crippen molar-refractivity contribution in [1.82, 2.24) is 0 Å². The smallest absolute Gasteiger partial charge is 0.137 e. The van der Waals surface area contributed by atoms with Crippen LogP contribution in [0.4, 0.5) is 0 Å². The maximum absolute atomic E-state index is 12.3. The Morgan fingerprint density at radius 1 is 1.38 bits per heavy atom. The van der Waals surface area contributed by atoms with Crippen molar-refractivity contribution in [2.45, 2.75) is 58.8 Å². The van der Waals surface area contributed by atoms with Gasteiger partial charge in [-0.05, 0) is 37.0 Å². The molecule has 0 saturated heterocycles. The van der Waals surface area contributed by atoms with Crippen LogP contribution in [0.5, 0.6) is 0 Å². The summed E-state index contributed by atoms with van der Waals surface area (Å²) in [5.74, 6) is 1.31. The maximum Gasteiger partial charge on any atom is 0.137 e. The molecule has 0 N–H and O–H groups in total. The molecule has 2 aliphatic carbocycles. The van der Waals surface area contributed by atoms with Crippen LogP contribution in [0, 0.1) is 17.3 Å². The Labute approximate surface area is 99.3 Å². The molecule has 90 valence electrons. The van der Waals surface area contributed by atoms with Crippen LogP contribution >= 0.6 is 0 Å². The van der Waals surface area contributed by atoms with Crippen LogP contribution < -0.4 is 0 Å². The number of Topliss-reactive ketones (excluding diaryl/α,β-unsaturated/α-hetero) is 1. The van der Waals surface area contributed by atoms with Gasteiger partial charge in [0.25, 0.3) is 0 Å². The van der Waals surface area contributed by atoms with E-state index in [1.165, 1.54) is 25.7 Å². The fourth-order valence-electron chi connectivity index (χ4n) is 3.94. The van der Waals surface area contributed by atoms with Gasteiger partial charge in [0.1, 0.15) is 5.78 Å². The molecule has 2 aliphatic rings. The lowest BCUT2D eigenvalue weighted by Gasteiger charge is -2.41. The van der Waals surface area contributed by atoms with Crippen LogP contribution in [-0.4, -0.2) is 5.78 Å². The molecule has 1 spiro atoms. The van der Waals surface area contributed by atoms with Crippen LogP contribution in [0.3, 0.4) is 0 Å². The normalized spacial score (nSPS) is 32.1. The third kappa shape index (κ3) is 1.97. The molecule has 0 aromatic heterocycles. The van der Waals surface area contributed by atoms with Gasteiger partial charge >= 0.3 is 0 Å². The average Bonchev–Trinajstić information content (AvgIpc) is 2.67. The predicted molar refractivity (Wildman–Crippen MR) is 67.2 cm³/mol. The lowest BCUT2D eigenvalue weighted by atomic mass is 9.62. The molecule has 2 rings (SSSR count). The standard InChI is InChI=1S/C15H24O/c1-3-7-13(16)14-12(2)8-6-11-15(14)9-4-5-10-15/h6,8,12,14H,3-5,7,9-11H2,1-2H3/t12-,14-/m1/s1. The monoisotopic (exact) mass is 220 g/mol. The number of hydrogen-bond acceptors (Lipinski definition) is 1. The zero-order valence-corrected chi connectivity index (χ0v) is 10.7. The van der Waals surface area contributed by atoms with Crippen molar-refractivity contribution < 1.29 is 4.79 Å². The lowest BCUT2D eigenvalue weighted by molar-refractivity contribution is -0.129. The van der Waals surface area contributed by atoms with E-state index in [1.807, 2.05) is 0 Å². The summed E-state index contributed by atoms with van der Waals surface area (Å²) < 4.78 is 0. The van der Waals surface area contributed by atoms with E-state index < -0.39 is 0 Å². The summed E-state index contributed by atoms with van der Waals surface area (Å²) in [5.41, 5.74) is 0.348. The van der Waals surface area contributed by atoms with E-state index in [-0.39, 0.29) is 0 Å². The number of allylic oxidation sites excluding steroid dienone is 2. The summed E-state index contributed by atoms with van der Waals surface area (Å²) in [5, 5.41) is 0. The minimum absolute atomic E-state index is 0.319. The topological polar surface area (TPSA) is 17.1 Å². The molecule has 1 saturated carbocycles. The zero-order valence-electron chi connectivity index (χ0n) is 10.7. The Bertz CT molecular complexity index is 284. The van der Waals surface area contributed by atoms with Crippen molar-refractivity contribution in [2.75, 3.05) is 0 Å². The number of ketones is 1. The molecule has 0 aliphatic heterocycles. The van der Waals surface area contributed by atoms with Crippen LogP contribution in [-0.2, 0) is 4.79 Å². The Balaban J connectivity index is 2.22. The van der Waals surface area contributed by atoms with Crippen molar-refractivity contribution in [3.05, 3.63) is 12.2 Å². The second-order valence-corrected chi connectivity index (χ2v) is 5.75. The highest BCUT2D eigenvalue weighted by Crippen LogP contribution is 2.52. The molecule has 0 bridgehead atoms. The molecule has 0 radical (unpaired) electrons. The van der Waals surface area contributed by atoms with Crippen molar-refractivity contribution in [3.8, 4) is 0 Å². The molecule has 1 heteroatoms. The van der Waals surface area contributed by atoms with Crippen molar-refractivity contribution >= 4 is 5.78 Å². The number of hydrogen-bond donors (Lipinski definition) is 0. The molecule has 0 aromatic rings. The highest BCUT2D eigenvalue weighted by Gasteiger charge is 2.46. The van der Waals surface area contributed by atoms with E-state index in [2.05, 4.69) is 26.0 Å². The van der Waals surface area contributed by atoms with E-state index in [9.17, 15) is 4.79 Å². The van der Waals surface area contributed by atoms with E-state index in [4.69, 9.17) is 0 Å². The third-order valence-corrected chi connectivity index (χ3v) is 4.59. The first-order valence-corrected chi connectivity index (χ1v) is 6.89. The van der Waals surface area contributed by atoms with Crippen LogP contribution in [0.1, 0.15) is 58.8 Å². The first kappa shape index (κ1) is 11.9. The van der Waals surface area contributed by atoms with Gasteiger partial charge in [0, 0.05) is 12.3 Å². The maximum atomic E-state index is 12.3. The van der Waals surface area contributed by atoms with Gasteiger partial charge in [-0.25, -0.2) is 0 Å². The number of carbonyl (C=O) groups excluding carboxylic acids is 1. The minimum Gasteiger partial charge on any atom is -0.299 e. The third-order valence-electron chi connectivity index (χ3n) is 4.59. The zero-order chi connectivity index (χ0) is 11.6. The molecule has 16 heavy (non-hydrogen) atoms. The van der Waals surface area contributed by atoms with E-state index in [1.54, 1.807) is 0 Å². The van der Waals surface area contributed by atoms with E-state index >= 15 is 0 Å². The molecule has 0 amide bonds. The van der Waals surface area contributed by atoms with Gasteiger partial charge in [-0.15, -0.1) is 0 Å². The second-order valence-electron chi connectivity index (χ2n) is 5.75. The average molecular weight is 220 g/mol. The summed E-state index contributed by atoms with van der Waals surface area (Å²) >= 11 is 0. The van der Waals surface area contributed by atoms with Crippen molar-refractivity contribution in [2.24, 2.45) is 17.3 Å². The SMILES string of the molecule is CCCC(=O)[C@H]1[C@H](C)C=CCC12CCCC2. The van der Waals surface area contributed by atoms with Crippen LogP contribution in [0.25, 0.3) is 0 Å². The number of carbonyl (C=O) groups is 1. The lowest BCUT2D eigenvalue weighted by Crippen LogP contribution is -2.39. The van der Waals surface area contributed by atoms with Gasteiger partial charge in [-0.3, -0.25) is 4.79 Å². The Morgan fingerprint density at radius 2 is 2.06 bits per heavy atom. The van der Waals surface area contributed by atoms with Gasteiger partial charge in [-0.1, -0.05) is 38.8 Å². The summed E-state index contributed by atoms with van der Waals surface area (Å²) in [6.07, 6.45) is 12.7. The van der Waals surface area contributed by atoms with Gasteiger partial charge in [0.2, 0.25) is 0 Å². The Kier molecular flexibility index (Phi) is 3.51. The molecule has 0 heterocycles. The fraction of sp³-hybridized carbons (Fsp3) is 0.800. The van der Waals surface area contributed by atoms with E-state index in [0.29, 0.717) is 23.0 Å². The first-order valence-electron chi connectivity index (χ1n) is 6.89. The molecular weight excluding hydrogens is 196 g/mol. The highest BCUT2D eigenvalue weighted by atomic mass is 16.1. The van der Waals surface area contributed by atoms with E-state index in [0.717, 1.165) is 19.3 Å². The first-order chi connectivity index (χ1) is 7.69. The largest absolute Gasteiger partial charge is 0.299 e. The second kappa shape index (κ2) is 4.73. The summed E-state index contributed by atoms with van der Waals surface area (Å²) in [7, 11) is 0. The molecule has 1 fully saturated rings. The molecule has 1 nitrogen and oxygen atoms in total. The molecule has 0 unspecified atom stereocenters. The summed E-state index contributed by atoms with van der Waals surface area (Å²) in [6.45, 7) is 4.34. The molecule has 2 atom stereocenters. The summed E-state index contributed by atoms with van der Waals surface area (Å²) in [4.78, 5) is 12.3. The predicted octanol–water partition coefficient (Wildman–Crippen LogP) is 4.13. The van der Waals surface area contributed by atoms with Crippen LogP contribution in [0.2, 0.25) is 0 Å². The van der Waals surface area contributed by atoms with Gasteiger partial charge in [0.05, 0.1) is 0 Å². The van der Waals surface area contributed by atoms with Crippen molar-refractivity contribution in [1.29, 1.82) is 0 Å². The fourth-order valence-corrected chi connectivity index (χ4v) is 3.94.